The molecule has 26 heteroatoms. The number of aliphatic imine (C=N–C) groups is 1. The van der Waals surface area contributed by atoms with Gasteiger partial charge in [0.05, 0.1) is 6.33 Å². The second kappa shape index (κ2) is 32.7. The Hall–Kier alpha value is -7.61. The predicted octanol–water partition coefficient (Wildman–Crippen LogP) is -0.792. The molecular weight excluding hydrogens is 1030 g/mol. The van der Waals surface area contributed by atoms with Gasteiger partial charge in [-0.25, -0.2) is 4.98 Å². The molecule has 4 aromatic rings. The number of aromatic amines is 2. The van der Waals surface area contributed by atoms with Crippen LogP contribution in [0.1, 0.15) is 82.0 Å². The largest absolute Gasteiger partial charge is 0.370 e. The van der Waals surface area contributed by atoms with Crippen molar-refractivity contribution in [1.29, 1.82) is 0 Å². The van der Waals surface area contributed by atoms with Gasteiger partial charge in [0.2, 0.25) is 53.2 Å². The van der Waals surface area contributed by atoms with Gasteiger partial charge in [-0.15, -0.1) is 0 Å². The number of imidazole rings is 1. The minimum absolute atomic E-state index is 0.0236. The van der Waals surface area contributed by atoms with E-state index in [1.54, 1.807) is 36.5 Å². The van der Waals surface area contributed by atoms with Gasteiger partial charge in [0.15, 0.2) is 5.96 Å². The molecule has 0 saturated heterocycles. The zero-order valence-corrected chi connectivity index (χ0v) is 45.1. The van der Waals surface area contributed by atoms with Crippen molar-refractivity contribution in [3.05, 3.63) is 90.1 Å². The van der Waals surface area contributed by atoms with Crippen molar-refractivity contribution in [2.75, 3.05) is 24.6 Å². The van der Waals surface area contributed by atoms with Gasteiger partial charge >= 0.3 is 0 Å². The Morgan fingerprint density at radius 3 is 1.79 bits per heavy atom. The van der Waals surface area contributed by atoms with Crippen LogP contribution < -0.4 is 59.7 Å². The SMILES string of the molecule is CCCC[C@H](NC(C)=O)C(=O)N[C@@H](CS)C(=O)N[C@@H](Cc1cnc[nH]1)C(=O)N[C@@H](Cc1ccccc1)C(=O)N[C@@H](CCCN=C(N)N)C(=O)N[C@H](Cc1c[nH]c2ccccc12)C(=O)NCCCCC(=O)N[C@@H](CS)C(N)=O. The van der Waals surface area contributed by atoms with Crippen LogP contribution in [0.2, 0.25) is 0 Å². The van der Waals surface area contributed by atoms with Crippen LogP contribution in [0.4, 0.5) is 0 Å². The number of H-pyrrole nitrogens is 2. The molecule has 16 N–H and O–H groups in total. The van der Waals surface area contributed by atoms with E-state index in [-0.39, 0.29) is 69.1 Å². The molecule has 7 atom stereocenters. The predicted molar refractivity (Wildman–Crippen MR) is 297 cm³/mol. The number of guanidine groups is 1. The highest BCUT2D eigenvalue weighted by atomic mass is 32.1. The minimum Gasteiger partial charge on any atom is -0.370 e. The summed E-state index contributed by atoms with van der Waals surface area (Å²) in [6.45, 7) is 3.42. The van der Waals surface area contributed by atoms with Crippen molar-refractivity contribution in [2.24, 2.45) is 22.2 Å². The number of nitrogens with one attached hydrogen (secondary N) is 10. The number of para-hydroxylation sites is 1. The third kappa shape index (κ3) is 21.5. The Bertz CT molecular complexity index is 2610. The fourth-order valence-electron chi connectivity index (χ4n) is 8.08. The molecule has 24 nitrogen and oxygen atoms in total. The molecule has 0 spiro atoms. The summed E-state index contributed by atoms with van der Waals surface area (Å²) >= 11 is 8.35. The minimum atomic E-state index is -1.36. The number of thiol groups is 2. The number of fused-ring (bicyclic) bond motifs is 1. The lowest BCUT2D eigenvalue weighted by Gasteiger charge is -2.27. The number of nitrogens with two attached hydrogens (primary N) is 3. The Morgan fingerprint density at radius 2 is 1.18 bits per heavy atom. The summed E-state index contributed by atoms with van der Waals surface area (Å²) in [5.74, 6) is -6.14. The molecule has 4 rings (SSSR count). The van der Waals surface area contributed by atoms with E-state index in [9.17, 15) is 43.2 Å². The topological polar surface area (TPSA) is 385 Å². The van der Waals surface area contributed by atoms with Gasteiger partial charge in [0, 0.05) is 86.2 Å². The maximum Gasteiger partial charge on any atom is 0.244 e. The van der Waals surface area contributed by atoms with Gasteiger partial charge in [-0.05, 0) is 49.3 Å². The Balaban J connectivity index is 1.60. The van der Waals surface area contributed by atoms with Crippen LogP contribution in [-0.2, 0) is 62.4 Å². The van der Waals surface area contributed by atoms with Crippen LogP contribution in [0.5, 0.6) is 0 Å². The van der Waals surface area contributed by atoms with Crippen LogP contribution in [0.15, 0.2) is 78.3 Å². The number of unbranched alkanes of at least 4 members (excludes halogenated alkanes) is 2. The maximum absolute atomic E-state index is 14.7. The molecule has 77 heavy (non-hydrogen) atoms. The third-order valence-corrected chi connectivity index (χ3v) is 12.9. The molecule has 0 fully saturated rings. The Morgan fingerprint density at radius 1 is 0.610 bits per heavy atom. The van der Waals surface area contributed by atoms with E-state index in [4.69, 9.17) is 17.2 Å². The van der Waals surface area contributed by atoms with Crippen molar-refractivity contribution < 1.29 is 43.2 Å². The van der Waals surface area contributed by atoms with Gasteiger partial charge in [0.25, 0.3) is 0 Å². The normalized spacial score (nSPS) is 13.7. The lowest BCUT2D eigenvalue weighted by Crippen LogP contribution is -2.60. The van der Waals surface area contributed by atoms with Crippen LogP contribution in [0, 0.1) is 0 Å². The first-order chi connectivity index (χ1) is 36.9. The summed E-state index contributed by atoms with van der Waals surface area (Å²) in [6, 6.07) is 7.89. The second-order valence-corrected chi connectivity index (χ2v) is 19.1. The van der Waals surface area contributed by atoms with E-state index < -0.39 is 95.5 Å². The summed E-state index contributed by atoms with van der Waals surface area (Å²) in [6.07, 6.45) is 7.03. The van der Waals surface area contributed by atoms with Crippen molar-refractivity contribution in [3.8, 4) is 0 Å². The first kappa shape index (κ1) is 61.9. The fraction of sp³-hybridized carbons (Fsp3) is 0.471. The van der Waals surface area contributed by atoms with E-state index in [0.29, 0.717) is 42.5 Å². The number of hydrogen-bond donors (Lipinski definition) is 15. The smallest absolute Gasteiger partial charge is 0.244 e. The number of benzene rings is 2. The summed E-state index contributed by atoms with van der Waals surface area (Å²) in [5, 5.41) is 22.5. The zero-order valence-electron chi connectivity index (χ0n) is 43.3. The molecule has 0 radical (unpaired) electrons. The van der Waals surface area contributed by atoms with Gasteiger partial charge < -0.3 is 69.7 Å². The van der Waals surface area contributed by atoms with E-state index in [1.165, 1.54) is 19.4 Å². The van der Waals surface area contributed by atoms with Crippen molar-refractivity contribution in [1.82, 2.24) is 57.5 Å². The zero-order chi connectivity index (χ0) is 56.3. The van der Waals surface area contributed by atoms with E-state index in [1.807, 2.05) is 31.2 Å². The average Bonchev–Trinajstić information content (AvgIpc) is 4.08. The summed E-state index contributed by atoms with van der Waals surface area (Å²) in [4.78, 5) is 135. The highest BCUT2D eigenvalue weighted by molar-refractivity contribution is 7.80. The number of rotatable bonds is 34. The first-order valence-corrected chi connectivity index (χ1v) is 26.7. The molecular formula is C51H73N15O9S2. The van der Waals surface area contributed by atoms with Crippen LogP contribution in [0.3, 0.4) is 0 Å². The maximum atomic E-state index is 14.7. The highest BCUT2D eigenvalue weighted by Crippen LogP contribution is 2.20. The van der Waals surface area contributed by atoms with Gasteiger partial charge in [-0.1, -0.05) is 68.3 Å². The van der Waals surface area contributed by atoms with Crippen LogP contribution in [-0.4, -0.2) is 141 Å². The first-order valence-electron chi connectivity index (χ1n) is 25.4. The van der Waals surface area contributed by atoms with Gasteiger partial charge in [-0.2, -0.15) is 25.3 Å². The lowest BCUT2D eigenvalue weighted by atomic mass is 10.0. The van der Waals surface area contributed by atoms with Gasteiger partial charge in [0.1, 0.15) is 42.3 Å². The monoisotopic (exact) mass is 1100 g/mol. The molecule has 0 aliphatic carbocycles. The number of amides is 9. The second-order valence-electron chi connectivity index (χ2n) is 18.3. The molecule has 0 aliphatic heterocycles. The van der Waals surface area contributed by atoms with E-state index in [2.05, 4.69) is 87.7 Å². The molecule has 0 aliphatic rings. The number of hydrogen-bond acceptors (Lipinski definition) is 13. The fourth-order valence-corrected chi connectivity index (χ4v) is 8.61. The number of carbonyl (C=O) groups excluding carboxylic acids is 9. The summed E-state index contributed by atoms with van der Waals surface area (Å²) < 4.78 is 0. The van der Waals surface area contributed by atoms with Crippen molar-refractivity contribution in [2.45, 2.75) is 127 Å². The average molecular weight is 1100 g/mol. The molecule has 2 aromatic heterocycles. The Kier molecular flexibility index (Phi) is 26.3. The molecule has 0 saturated carbocycles. The molecule has 9 amide bonds. The Labute approximate surface area is 457 Å². The quantitative estimate of drug-likeness (QED) is 0.0118. The van der Waals surface area contributed by atoms with Crippen molar-refractivity contribution in [3.63, 3.8) is 0 Å². The summed E-state index contributed by atoms with van der Waals surface area (Å²) in [5.41, 5.74) is 19.1. The molecule has 2 heterocycles. The highest BCUT2D eigenvalue weighted by Gasteiger charge is 2.34. The van der Waals surface area contributed by atoms with E-state index in [0.717, 1.165) is 17.3 Å². The number of primary amides is 1. The molecule has 0 unspecified atom stereocenters. The third-order valence-electron chi connectivity index (χ3n) is 12.2. The molecule has 2 aromatic carbocycles. The van der Waals surface area contributed by atoms with Crippen LogP contribution >= 0.6 is 25.3 Å². The van der Waals surface area contributed by atoms with Crippen molar-refractivity contribution >= 4 is 95.3 Å². The lowest BCUT2D eigenvalue weighted by molar-refractivity contribution is -0.135. The molecule has 418 valence electrons. The van der Waals surface area contributed by atoms with E-state index >= 15 is 0 Å². The standard InChI is InChI=1S/C51H73N15O9S2/c1-3-4-16-36(60-30(2)67)46(71)66-42(28-77)50(75)65-40(24-33-26-55-29-59-33)49(74)63-38(22-31-13-6-5-7-14-31)48(73)62-37(18-12-21-57-51(53)54)47(72)64-39(23-32-25-58-35-17-9-8-15-34(32)35)45(70)56-20-11-10-19-43(68)61-41(27-76)44(52)69/h5-9,13-15,17,25-26,29,36-42,58,76-77H,3-4,10-12,16,18-24,27-28H2,1-2H3,(H2,52,69)(H,55,59)(H,56,70)(H,60,67)(H,61,68)(H,62,73)(H,63,74)(H,64,72)(H,65,75)(H,66,71)(H4,53,54,57)/t36-,37-,38-,39+,40-,41-,42-/m0/s1. The number of carbonyl (C=O) groups is 9. The number of nitrogens with zero attached hydrogens (tertiary/aromatic N) is 2. The summed E-state index contributed by atoms with van der Waals surface area (Å²) in [7, 11) is 0. The van der Waals surface area contributed by atoms with Crippen LogP contribution in [0.25, 0.3) is 10.9 Å². The molecule has 0 bridgehead atoms. The number of aromatic nitrogens is 3. The van der Waals surface area contributed by atoms with Gasteiger partial charge in [-0.3, -0.25) is 48.1 Å².